The van der Waals surface area contributed by atoms with E-state index in [1.807, 2.05) is 0 Å². The van der Waals surface area contributed by atoms with E-state index in [0.717, 1.165) is 0 Å². The monoisotopic (exact) mass is 353 g/mol. The summed E-state index contributed by atoms with van der Waals surface area (Å²) >= 11 is 0. The molecule has 25 heavy (non-hydrogen) atoms. The molecule has 0 aliphatic heterocycles. The van der Waals surface area contributed by atoms with Crippen molar-refractivity contribution in [2.45, 2.75) is 32.9 Å². The lowest BCUT2D eigenvalue weighted by Crippen LogP contribution is -2.28. The Bertz CT molecular complexity index is 772. The van der Waals surface area contributed by atoms with E-state index < -0.39 is 31.0 Å². The molecule has 0 fully saturated rings. The highest BCUT2D eigenvalue weighted by Crippen LogP contribution is 2.27. The van der Waals surface area contributed by atoms with Gasteiger partial charge in [-0.05, 0) is 19.9 Å². The Hall–Kier alpha value is -2.90. The van der Waals surface area contributed by atoms with E-state index in [-0.39, 0.29) is 17.1 Å². The van der Waals surface area contributed by atoms with Gasteiger partial charge >= 0.3 is 12.6 Å². The average molecular weight is 353 g/mol. The normalized spacial score (nSPS) is 12.0. The van der Waals surface area contributed by atoms with E-state index in [1.54, 1.807) is 32.0 Å². The van der Waals surface area contributed by atoms with E-state index >= 15 is 0 Å². The fourth-order valence-corrected chi connectivity index (χ4v) is 2.46. The first-order chi connectivity index (χ1) is 11.8. The van der Waals surface area contributed by atoms with Crippen molar-refractivity contribution in [3.63, 3.8) is 0 Å². The van der Waals surface area contributed by atoms with Gasteiger partial charge in [-0.15, -0.1) is 0 Å². The maximum atomic E-state index is 12.5. The Morgan fingerprint density at radius 2 is 2.00 bits per heavy atom. The standard InChI is InChI=1S/C17H17F2NO5/c1-9-8-24-13(7-14(21)22)15(9)16(23)20-10(2)11-5-3-4-6-12(11)25-17(18)19/h3-6,8,10,17H,7H2,1-2H3,(H,20,23)(H,21,22). The fraction of sp³-hybridized carbons (Fsp3) is 0.294. The summed E-state index contributed by atoms with van der Waals surface area (Å²) in [5, 5.41) is 11.5. The molecule has 134 valence electrons. The minimum atomic E-state index is -2.98. The second kappa shape index (κ2) is 7.78. The number of amides is 1. The number of carbonyl (C=O) groups is 2. The first-order valence-electron chi connectivity index (χ1n) is 7.43. The minimum absolute atomic E-state index is 0.0341. The van der Waals surface area contributed by atoms with Crippen LogP contribution in [0.2, 0.25) is 0 Å². The predicted octanol–water partition coefficient (Wildman–Crippen LogP) is 3.31. The van der Waals surface area contributed by atoms with Crippen molar-refractivity contribution in [3.05, 3.63) is 53.0 Å². The van der Waals surface area contributed by atoms with Crippen molar-refractivity contribution in [1.82, 2.24) is 5.32 Å². The van der Waals surface area contributed by atoms with Gasteiger partial charge in [-0.3, -0.25) is 9.59 Å². The maximum absolute atomic E-state index is 12.5. The molecular weight excluding hydrogens is 336 g/mol. The highest BCUT2D eigenvalue weighted by Gasteiger charge is 2.23. The molecule has 2 N–H and O–H groups in total. The molecule has 8 heteroatoms. The maximum Gasteiger partial charge on any atom is 0.387 e. The lowest BCUT2D eigenvalue weighted by Gasteiger charge is -2.18. The molecule has 0 aliphatic rings. The number of para-hydroxylation sites is 1. The van der Waals surface area contributed by atoms with Crippen molar-refractivity contribution >= 4 is 11.9 Å². The third-order valence-corrected chi connectivity index (χ3v) is 3.54. The number of halogens is 2. The average Bonchev–Trinajstić information content (AvgIpc) is 2.87. The van der Waals surface area contributed by atoms with E-state index in [4.69, 9.17) is 9.52 Å². The quantitative estimate of drug-likeness (QED) is 0.797. The summed E-state index contributed by atoms with van der Waals surface area (Å²) in [6.45, 7) is 0.238. The van der Waals surface area contributed by atoms with Crippen LogP contribution in [0.3, 0.4) is 0 Å². The van der Waals surface area contributed by atoms with Crippen LogP contribution in [0, 0.1) is 6.92 Å². The molecule has 1 amide bonds. The van der Waals surface area contributed by atoms with Crippen LogP contribution in [0.1, 0.15) is 40.2 Å². The van der Waals surface area contributed by atoms with Crippen molar-refractivity contribution in [2.24, 2.45) is 0 Å². The number of ether oxygens (including phenoxy) is 1. The molecule has 2 rings (SSSR count). The molecule has 1 atom stereocenters. The van der Waals surface area contributed by atoms with Gasteiger partial charge in [0.2, 0.25) is 0 Å². The highest BCUT2D eigenvalue weighted by molar-refractivity contribution is 5.97. The first-order valence-corrected chi connectivity index (χ1v) is 7.43. The van der Waals surface area contributed by atoms with Gasteiger partial charge in [0.05, 0.1) is 17.9 Å². The molecule has 0 radical (unpaired) electrons. The summed E-state index contributed by atoms with van der Waals surface area (Å²) in [4.78, 5) is 23.4. The van der Waals surface area contributed by atoms with Gasteiger partial charge in [0.1, 0.15) is 17.9 Å². The van der Waals surface area contributed by atoms with Crippen LogP contribution < -0.4 is 10.1 Å². The zero-order valence-corrected chi connectivity index (χ0v) is 13.6. The summed E-state index contributed by atoms with van der Waals surface area (Å²) in [7, 11) is 0. The van der Waals surface area contributed by atoms with Crippen LogP contribution >= 0.6 is 0 Å². The zero-order chi connectivity index (χ0) is 18.6. The van der Waals surface area contributed by atoms with Crippen LogP contribution in [0.5, 0.6) is 5.75 Å². The lowest BCUT2D eigenvalue weighted by atomic mass is 10.1. The molecule has 1 aromatic carbocycles. The van der Waals surface area contributed by atoms with Crippen LogP contribution in [0.15, 0.2) is 34.9 Å². The molecule has 0 aliphatic carbocycles. The number of furan rings is 1. The SMILES string of the molecule is Cc1coc(CC(=O)O)c1C(=O)NC(C)c1ccccc1OC(F)F. The predicted molar refractivity (Wildman–Crippen MR) is 83.7 cm³/mol. The van der Waals surface area contributed by atoms with Gasteiger partial charge in [0.15, 0.2) is 0 Å². The van der Waals surface area contributed by atoms with E-state index in [0.29, 0.717) is 11.1 Å². The Balaban J connectivity index is 2.22. The molecule has 0 saturated carbocycles. The Morgan fingerprint density at radius 1 is 1.32 bits per heavy atom. The summed E-state index contributed by atoms with van der Waals surface area (Å²) in [6, 6.07) is 5.47. The highest BCUT2D eigenvalue weighted by atomic mass is 19.3. The number of carboxylic acid groups (broad SMARTS) is 1. The van der Waals surface area contributed by atoms with Crippen molar-refractivity contribution in [3.8, 4) is 5.75 Å². The van der Waals surface area contributed by atoms with Crippen molar-refractivity contribution < 1.29 is 32.6 Å². The Labute approximate surface area is 142 Å². The Morgan fingerprint density at radius 3 is 2.64 bits per heavy atom. The van der Waals surface area contributed by atoms with Crippen LogP contribution in [-0.4, -0.2) is 23.6 Å². The number of carboxylic acids is 1. The topological polar surface area (TPSA) is 88.8 Å². The van der Waals surface area contributed by atoms with Gasteiger partial charge in [-0.25, -0.2) is 0 Å². The number of rotatable bonds is 7. The second-order valence-electron chi connectivity index (χ2n) is 5.40. The number of aryl methyl sites for hydroxylation is 1. The summed E-state index contributed by atoms with van der Waals surface area (Å²) in [5.74, 6) is -1.69. The Kier molecular flexibility index (Phi) is 5.74. The molecule has 0 spiro atoms. The van der Waals surface area contributed by atoms with Gasteiger partial charge in [-0.2, -0.15) is 8.78 Å². The largest absolute Gasteiger partial charge is 0.481 e. The molecular formula is C17H17F2NO5. The summed E-state index contributed by atoms with van der Waals surface area (Å²) in [6.07, 6.45) is 0.863. The van der Waals surface area contributed by atoms with E-state index in [1.165, 1.54) is 12.3 Å². The van der Waals surface area contributed by atoms with E-state index in [9.17, 15) is 18.4 Å². The molecule has 1 aromatic heterocycles. The molecule has 0 bridgehead atoms. The fourth-order valence-electron chi connectivity index (χ4n) is 2.46. The smallest absolute Gasteiger partial charge is 0.387 e. The van der Waals surface area contributed by atoms with Gasteiger partial charge in [0, 0.05) is 11.1 Å². The van der Waals surface area contributed by atoms with Crippen LogP contribution in [0.4, 0.5) is 8.78 Å². The first kappa shape index (κ1) is 18.4. The number of carbonyl (C=O) groups excluding carboxylic acids is 1. The molecule has 0 saturated heterocycles. The number of aliphatic carboxylic acids is 1. The third kappa shape index (κ3) is 4.56. The van der Waals surface area contributed by atoms with Gasteiger partial charge < -0.3 is 19.6 Å². The van der Waals surface area contributed by atoms with Crippen molar-refractivity contribution in [2.75, 3.05) is 0 Å². The molecule has 2 aromatic rings. The number of benzene rings is 1. The van der Waals surface area contributed by atoms with E-state index in [2.05, 4.69) is 10.1 Å². The number of nitrogens with one attached hydrogen (secondary N) is 1. The zero-order valence-electron chi connectivity index (χ0n) is 13.6. The number of alkyl halides is 2. The molecule has 6 nitrogen and oxygen atoms in total. The van der Waals surface area contributed by atoms with Gasteiger partial charge in [-0.1, -0.05) is 18.2 Å². The second-order valence-corrected chi connectivity index (χ2v) is 5.40. The minimum Gasteiger partial charge on any atom is -0.481 e. The molecule has 1 unspecified atom stereocenters. The number of hydrogen-bond donors (Lipinski definition) is 2. The summed E-state index contributed by atoms with van der Waals surface area (Å²) < 4.78 is 34.6. The summed E-state index contributed by atoms with van der Waals surface area (Å²) in [5.41, 5.74) is 0.983. The van der Waals surface area contributed by atoms with Gasteiger partial charge in [0.25, 0.3) is 5.91 Å². The van der Waals surface area contributed by atoms with Crippen LogP contribution in [-0.2, 0) is 11.2 Å². The van der Waals surface area contributed by atoms with Crippen LogP contribution in [0.25, 0.3) is 0 Å². The third-order valence-electron chi connectivity index (χ3n) is 3.54. The number of hydrogen-bond acceptors (Lipinski definition) is 4. The molecule has 1 heterocycles. The lowest BCUT2D eigenvalue weighted by molar-refractivity contribution is -0.136. The van der Waals surface area contributed by atoms with Crippen molar-refractivity contribution in [1.29, 1.82) is 0 Å².